The van der Waals surface area contributed by atoms with Gasteiger partial charge in [-0.05, 0) is 30.5 Å². The van der Waals surface area contributed by atoms with Gasteiger partial charge in [-0.2, -0.15) is 18.4 Å². The molecule has 2 aromatic rings. The van der Waals surface area contributed by atoms with E-state index in [1.54, 1.807) is 24.0 Å². The highest BCUT2D eigenvalue weighted by atomic mass is 19.4. The zero-order chi connectivity index (χ0) is 19.7. The largest absolute Gasteiger partial charge is 0.416 e. The van der Waals surface area contributed by atoms with Crippen LogP contribution in [0.3, 0.4) is 0 Å². The van der Waals surface area contributed by atoms with E-state index in [4.69, 9.17) is 0 Å². The van der Waals surface area contributed by atoms with Crippen molar-refractivity contribution in [3.63, 3.8) is 0 Å². The van der Waals surface area contributed by atoms with E-state index < -0.39 is 17.2 Å². The van der Waals surface area contributed by atoms with Crippen LogP contribution in [0.2, 0.25) is 0 Å². The minimum atomic E-state index is -4.40. The van der Waals surface area contributed by atoms with Crippen molar-refractivity contribution in [3.05, 3.63) is 59.9 Å². The third kappa shape index (κ3) is 3.74. The highest BCUT2D eigenvalue weighted by molar-refractivity contribution is 5.37. The molecule has 0 N–H and O–H groups in total. The summed E-state index contributed by atoms with van der Waals surface area (Å²) >= 11 is 0. The average Bonchev–Trinajstić information content (AvgIpc) is 3.08. The van der Waals surface area contributed by atoms with E-state index in [1.807, 2.05) is 0 Å². The molecule has 3 rings (SSSR count). The molecule has 1 aliphatic rings. The number of piperidine rings is 1. The van der Waals surface area contributed by atoms with Crippen LogP contribution in [0.1, 0.15) is 35.7 Å². The summed E-state index contributed by atoms with van der Waals surface area (Å²) in [7, 11) is 1.77. The number of hydrogen-bond donors (Lipinski definition) is 0. The third-order valence-electron chi connectivity index (χ3n) is 5.11. The predicted molar refractivity (Wildman–Crippen MR) is 93.5 cm³/mol. The molecular weight excluding hydrogens is 355 g/mol. The molecule has 2 atom stereocenters. The molecule has 1 fully saturated rings. The molecule has 1 saturated heterocycles. The molecular formula is C19H20F3N5. The van der Waals surface area contributed by atoms with Gasteiger partial charge in [0.05, 0.1) is 28.8 Å². The molecule has 0 unspecified atom stereocenters. The van der Waals surface area contributed by atoms with E-state index in [1.165, 1.54) is 12.1 Å². The summed E-state index contributed by atoms with van der Waals surface area (Å²) in [6, 6.07) is 7.14. The molecule has 142 valence electrons. The van der Waals surface area contributed by atoms with Crippen molar-refractivity contribution in [2.45, 2.75) is 30.5 Å². The maximum Gasteiger partial charge on any atom is 0.416 e. The van der Waals surface area contributed by atoms with E-state index in [9.17, 15) is 18.4 Å². The lowest BCUT2D eigenvalue weighted by atomic mass is 9.70. The first-order valence-electron chi connectivity index (χ1n) is 8.59. The summed E-state index contributed by atoms with van der Waals surface area (Å²) in [5.74, 6) is 0. The van der Waals surface area contributed by atoms with E-state index >= 15 is 0 Å². The van der Waals surface area contributed by atoms with E-state index in [-0.39, 0.29) is 6.04 Å². The van der Waals surface area contributed by atoms with Gasteiger partial charge in [-0.15, -0.1) is 11.7 Å². The van der Waals surface area contributed by atoms with Crippen LogP contribution in [-0.4, -0.2) is 33.0 Å². The number of hydrogen-bond acceptors (Lipinski definition) is 4. The third-order valence-corrected chi connectivity index (χ3v) is 5.11. The molecule has 0 amide bonds. The Kier molecular flexibility index (Phi) is 5.07. The van der Waals surface area contributed by atoms with E-state index in [0.717, 1.165) is 17.8 Å². The van der Waals surface area contributed by atoms with Gasteiger partial charge in [-0.1, -0.05) is 23.4 Å². The van der Waals surface area contributed by atoms with Crippen LogP contribution in [0, 0.1) is 11.3 Å². The number of rotatable bonds is 4. The molecule has 1 aliphatic heterocycles. The molecule has 2 heterocycles. The van der Waals surface area contributed by atoms with Crippen LogP contribution in [0.25, 0.3) is 0 Å². The second-order valence-electron chi connectivity index (χ2n) is 6.84. The first-order chi connectivity index (χ1) is 12.8. The summed E-state index contributed by atoms with van der Waals surface area (Å²) in [5, 5.41) is 18.1. The highest BCUT2D eigenvalue weighted by Crippen LogP contribution is 2.43. The number of nitrogens with zero attached hydrogens (tertiary/aromatic N) is 5. The first kappa shape index (κ1) is 19.1. The van der Waals surface area contributed by atoms with Crippen molar-refractivity contribution in [1.29, 1.82) is 5.26 Å². The summed E-state index contributed by atoms with van der Waals surface area (Å²) in [6.45, 7) is 5.03. The average molecular weight is 375 g/mol. The van der Waals surface area contributed by atoms with Crippen molar-refractivity contribution in [2.75, 3.05) is 13.1 Å². The van der Waals surface area contributed by atoms with Gasteiger partial charge in [-0.25, -0.2) is 0 Å². The number of halogens is 3. The van der Waals surface area contributed by atoms with Gasteiger partial charge >= 0.3 is 6.18 Å². The number of aromatic nitrogens is 3. The van der Waals surface area contributed by atoms with Crippen LogP contribution in [0.5, 0.6) is 0 Å². The quantitative estimate of drug-likeness (QED) is 0.766. The minimum absolute atomic E-state index is 0.160. The summed E-state index contributed by atoms with van der Waals surface area (Å²) in [6.07, 6.45) is 0.163. The SMILES string of the molecule is C=CCN1CC[C@@](C#N)(c2ccc(C(F)(F)F)cc2)C[C@H]1c1cn(C)nn1. The zero-order valence-corrected chi connectivity index (χ0v) is 14.9. The van der Waals surface area contributed by atoms with Gasteiger partial charge in [0.2, 0.25) is 0 Å². The molecule has 5 nitrogen and oxygen atoms in total. The van der Waals surface area contributed by atoms with E-state index in [0.29, 0.717) is 31.5 Å². The van der Waals surface area contributed by atoms with Crippen molar-refractivity contribution in [2.24, 2.45) is 7.05 Å². The number of aryl methyl sites for hydroxylation is 1. The normalized spacial score (nSPS) is 23.7. The molecule has 8 heteroatoms. The predicted octanol–water partition coefficient (Wildman–Crippen LogP) is 3.62. The number of likely N-dealkylation sites (tertiary alicyclic amines) is 1. The van der Waals surface area contributed by atoms with Crippen LogP contribution < -0.4 is 0 Å². The maximum absolute atomic E-state index is 12.9. The lowest BCUT2D eigenvalue weighted by Gasteiger charge is -2.42. The second-order valence-corrected chi connectivity index (χ2v) is 6.84. The maximum atomic E-state index is 12.9. The Hall–Kier alpha value is -2.66. The Labute approximate surface area is 155 Å². The number of nitriles is 1. The molecule has 0 radical (unpaired) electrons. The van der Waals surface area contributed by atoms with Crippen LogP contribution >= 0.6 is 0 Å². The monoisotopic (exact) mass is 375 g/mol. The van der Waals surface area contributed by atoms with Gasteiger partial charge in [0, 0.05) is 26.3 Å². The second kappa shape index (κ2) is 7.16. The van der Waals surface area contributed by atoms with Gasteiger partial charge in [-0.3, -0.25) is 9.58 Å². The van der Waals surface area contributed by atoms with Crippen LogP contribution in [0.15, 0.2) is 43.1 Å². The summed E-state index contributed by atoms with van der Waals surface area (Å²) in [4.78, 5) is 2.16. The number of alkyl halides is 3. The molecule has 27 heavy (non-hydrogen) atoms. The fraction of sp³-hybridized carbons (Fsp3) is 0.421. The fourth-order valence-electron chi connectivity index (χ4n) is 3.65. The zero-order valence-electron chi connectivity index (χ0n) is 14.9. The lowest BCUT2D eigenvalue weighted by molar-refractivity contribution is -0.137. The molecule has 0 spiro atoms. The van der Waals surface area contributed by atoms with Crippen LogP contribution in [0.4, 0.5) is 13.2 Å². The van der Waals surface area contributed by atoms with Crippen LogP contribution in [-0.2, 0) is 18.6 Å². The molecule has 1 aromatic carbocycles. The van der Waals surface area contributed by atoms with E-state index in [2.05, 4.69) is 27.9 Å². The van der Waals surface area contributed by atoms with Crippen molar-refractivity contribution < 1.29 is 13.2 Å². The van der Waals surface area contributed by atoms with Gasteiger partial charge in [0.25, 0.3) is 0 Å². The Morgan fingerprint density at radius 1 is 1.37 bits per heavy atom. The first-order valence-corrected chi connectivity index (χ1v) is 8.59. The summed E-state index contributed by atoms with van der Waals surface area (Å²) < 4.78 is 40.2. The Morgan fingerprint density at radius 3 is 2.59 bits per heavy atom. The molecule has 0 aliphatic carbocycles. The molecule has 1 aromatic heterocycles. The molecule has 0 bridgehead atoms. The Bertz CT molecular complexity index is 849. The van der Waals surface area contributed by atoms with Gasteiger partial charge < -0.3 is 0 Å². The fourth-order valence-corrected chi connectivity index (χ4v) is 3.65. The smallest absolute Gasteiger partial charge is 0.291 e. The van der Waals surface area contributed by atoms with Gasteiger partial charge in [0.15, 0.2) is 0 Å². The standard InChI is InChI=1S/C19H20F3N5/c1-3-9-27-10-8-18(13-23,11-17(27)16-12-26(2)25-24-16)14-4-6-15(7-5-14)19(20,21)22/h3-7,12,17H,1,8-11H2,2H3/t17-,18+/m0/s1. The molecule has 0 saturated carbocycles. The Morgan fingerprint density at radius 2 is 2.07 bits per heavy atom. The highest BCUT2D eigenvalue weighted by Gasteiger charge is 2.43. The lowest BCUT2D eigenvalue weighted by Crippen LogP contribution is -2.44. The van der Waals surface area contributed by atoms with Crippen molar-refractivity contribution >= 4 is 0 Å². The van der Waals surface area contributed by atoms with Crippen molar-refractivity contribution in [3.8, 4) is 6.07 Å². The topological polar surface area (TPSA) is 57.7 Å². The number of benzene rings is 1. The van der Waals surface area contributed by atoms with Crippen molar-refractivity contribution in [1.82, 2.24) is 19.9 Å². The summed E-state index contributed by atoms with van der Waals surface area (Å²) in [5.41, 5.74) is -0.242. The minimum Gasteiger partial charge on any atom is -0.291 e. The van der Waals surface area contributed by atoms with Gasteiger partial charge in [0.1, 0.15) is 0 Å². The Balaban J connectivity index is 1.95.